The molecule has 1 fully saturated rings. The Hall–Kier alpha value is -1.47. The lowest BCUT2D eigenvalue weighted by Gasteiger charge is -2.29. The number of carbonyl (C=O) groups is 1. The maximum atomic E-state index is 14.2. The molecule has 1 saturated carbocycles. The number of sulfonamides is 1. The molecule has 2 rings (SSSR count). The highest BCUT2D eigenvalue weighted by Gasteiger charge is 2.27. The molecule has 5 nitrogen and oxygen atoms in total. The second kappa shape index (κ2) is 8.27. The summed E-state index contributed by atoms with van der Waals surface area (Å²) in [5.74, 6) is -0.921. The molecule has 1 aliphatic carbocycles. The van der Waals surface area contributed by atoms with Gasteiger partial charge in [-0.25, -0.2) is 12.8 Å². The molecule has 1 aliphatic rings. The summed E-state index contributed by atoms with van der Waals surface area (Å²) in [4.78, 5) is 12.5. The predicted octanol–water partition coefficient (Wildman–Crippen LogP) is 3.16. The summed E-state index contributed by atoms with van der Waals surface area (Å²) >= 11 is 0. The van der Waals surface area contributed by atoms with Gasteiger partial charge in [0, 0.05) is 19.1 Å². The Morgan fingerprint density at radius 1 is 1.24 bits per heavy atom. The highest BCUT2D eigenvalue weighted by Crippen LogP contribution is 2.25. The van der Waals surface area contributed by atoms with Gasteiger partial charge in [-0.05, 0) is 37.0 Å². The summed E-state index contributed by atoms with van der Waals surface area (Å²) in [7, 11) is -3.73. The van der Waals surface area contributed by atoms with Gasteiger partial charge in [-0.2, -0.15) is 4.31 Å². The number of hydrogen-bond acceptors (Lipinski definition) is 3. The Morgan fingerprint density at radius 3 is 2.48 bits per heavy atom. The van der Waals surface area contributed by atoms with E-state index >= 15 is 0 Å². The van der Waals surface area contributed by atoms with Gasteiger partial charge in [0.25, 0.3) is 5.91 Å². The number of amides is 1. The molecule has 1 aromatic rings. The lowest BCUT2D eigenvalue weighted by Crippen LogP contribution is -2.41. The van der Waals surface area contributed by atoms with Crippen molar-refractivity contribution in [2.45, 2.75) is 57.4 Å². The van der Waals surface area contributed by atoms with Crippen LogP contribution in [0.15, 0.2) is 23.1 Å². The third-order valence-electron chi connectivity index (χ3n) is 4.95. The van der Waals surface area contributed by atoms with Crippen molar-refractivity contribution in [1.29, 1.82) is 0 Å². The molecule has 1 N–H and O–H groups in total. The van der Waals surface area contributed by atoms with E-state index in [-0.39, 0.29) is 16.5 Å². The van der Waals surface area contributed by atoms with E-state index in [0.717, 1.165) is 37.8 Å². The van der Waals surface area contributed by atoms with Crippen LogP contribution in [0, 0.1) is 11.7 Å². The molecule has 2 unspecified atom stereocenters. The van der Waals surface area contributed by atoms with Crippen LogP contribution in [0.2, 0.25) is 0 Å². The number of nitrogens with one attached hydrogen (secondary N) is 1. The molecule has 1 amide bonds. The first-order chi connectivity index (χ1) is 11.8. The second-order valence-corrected chi connectivity index (χ2v) is 8.51. The molecule has 2 atom stereocenters. The van der Waals surface area contributed by atoms with E-state index in [2.05, 4.69) is 12.2 Å². The van der Waals surface area contributed by atoms with Crippen molar-refractivity contribution >= 4 is 15.9 Å². The molecule has 0 aliphatic heterocycles. The summed E-state index contributed by atoms with van der Waals surface area (Å²) in [6, 6.07) is 3.41. The van der Waals surface area contributed by atoms with Gasteiger partial charge in [-0.3, -0.25) is 4.79 Å². The quantitative estimate of drug-likeness (QED) is 0.836. The Labute approximate surface area is 149 Å². The molecule has 7 heteroatoms. The molecule has 0 bridgehead atoms. The second-order valence-electron chi connectivity index (χ2n) is 6.57. The van der Waals surface area contributed by atoms with Gasteiger partial charge in [0.05, 0.1) is 10.5 Å². The molecule has 0 heterocycles. The summed E-state index contributed by atoms with van der Waals surface area (Å²) < 4.78 is 40.6. The molecule has 0 saturated heterocycles. The van der Waals surface area contributed by atoms with Crippen LogP contribution in [0.25, 0.3) is 0 Å². The van der Waals surface area contributed by atoms with Crippen molar-refractivity contribution in [3.05, 3.63) is 29.6 Å². The monoisotopic (exact) mass is 370 g/mol. The number of benzene rings is 1. The fraction of sp³-hybridized carbons (Fsp3) is 0.611. The smallest absolute Gasteiger partial charge is 0.254 e. The zero-order valence-electron chi connectivity index (χ0n) is 15.1. The maximum Gasteiger partial charge on any atom is 0.254 e. The first-order valence-corrected chi connectivity index (χ1v) is 10.4. The number of hydrogen-bond donors (Lipinski definition) is 1. The molecule has 140 valence electrons. The predicted molar refractivity (Wildman–Crippen MR) is 95.4 cm³/mol. The molecular weight excluding hydrogens is 343 g/mol. The van der Waals surface area contributed by atoms with Crippen molar-refractivity contribution in [2.75, 3.05) is 13.1 Å². The van der Waals surface area contributed by atoms with E-state index in [1.165, 1.54) is 10.4 Å². The van der Waals surface area contributed by atoms with Crippen LogP contribution in [-0.2, 0) is 10.0 Å². The number of carbonyl (C=O) groups excluding carboxylic acids is 1. The van der Waals surface area contributed by atoms with Gasteiger partial charge in [-0.1, -0.05) is 33.6 Å². The van der Waals surface area contributed by atoms with E-state index in [0.29, 0.717) is 19.0 Å². The van der Waals surface area contributed by atoms with Crippen molar-refractivity contribution < 1.29 is 17.6 Å². The van der Waals surface area contributed by atoms with Gasteiger partial charge in [0.2, 0.25) is 10.0 Å². The molecule has 25 heavy (non-hydrogen) atoms. The van der Waals surface area contributed by atoms with Crippen LogP contribution in [0.3, 0.4) is 0 Å². The van der Waals surface area contributed by atoms with E-state index < -0.39 is 21.7 Å². The van der Waals surface area contributed by atoms with E-state index in [1.807, 2.05) is 0 Å². The average molecular weight is 370 g/mol. The van der Waals surface area contributed by atoms with E-state index in [1.54, 1.807) is 13.8 Å². The fourth-order valence-corrected chi connectivity index (χ4v) is 4.81. The summed E-state index contributed by atoms with van der Waals surface area (Å²) in [5.41, 5.74) is -0.217. The van der Waals surface area contributed by atoms with E-state index in [4.69, 9.17) is 0 Å². The van der Waals surface area contributed by atoms with Gasteiger partial charge >= 0.3 is 0 Å². The molecule has 0 aromatic heterocycles. The number of nitrogens with zero attached hydrogens (tertiary/aromatic N) is 1. The molecule has 0 spiro atoms. The van der Waals surface area contributed by atoms with Gasteiger partial charge < -0.3 is 5.32 Å². The van der Waals surface area contributed by atoms with Crippen LogP contribution in [0.5, 0.6) is 0 Å². The third-order valence-corrected chi connectivity index (χ3v) is 7.00. The van der Waals surface area contributed by atoms with Crippen LogP contribution < -0.4 is 5.32 Å². The number of halogens is 1. The van der Waals surface area contributed by atoms with Crippen molar-refractivity contribution in [1.82, 2.24) is 9.62 Å². The Morgan fingerprint density at radius 2 is 1.88 bits per heavy atom. The minimum atomic E-state index is -3.73. The lowest BCUT2D eigenvalue weighted by atomic mass is 9.86. The highest BCUT2D eigenvalue weighted by atomic mass is 32.2. The normalized spacial score (nSPS) is 21.3. The van der Waals surface area contributed by atoms with Crippen LogP contribution >= 0.6 is 0 Å². The van der Waals surface area contributed by atoms with Crippen LogP contribution in [0.1, 0.15) is 56.8 Å². The third kappa shape index (κ3) is 4.39. The minimum absolute atomic E-state index is 0.00342. The molecule has 1 aromatic carbocycles. The van der Waals surface area contributed by atoms with Gasteiger partial charge in [0.1, 0.15) is 5.82 Å². The van der Waals surface area contributed by atoms with Crippen molar-refractivity contribution in [3.8, 4) is 0 Å². The zero-order chi connectivity index (χ0) is 18.6. The standard InChI is InChI=1S/C18H27FN2O3S/c1-4-21(5-2)25(23,24)14-10-11-16(19)15(12-14)18(22)20-17-9-7-6-8-13(17)3/h10-13,17H,4-9H2,1-3H3,(H,20,22). The van der Waals surface area contributed by atoms with E-state index in [9.17, 15) is 17.6 Å². The van der Waals surface area contributed by atoms with Crippen molar-refractivity contribution in [3.63, 3.8) is 0 Å². The van der Waals surface area contributed by atoms with Crippen molar-refractivity contribution in [2.24, 2.45) is 5.92 Å². The fourth-order valence-electron chi connectivity index (χ4n) is 3.33. The first kappa shape index (κ1) is 19.8. The number of rotatable bonds is 6. The maximum absolute atomic E-state index is 14.2. The summed E-state index contributed by atoms with van der Waals surface area (Å²) in [6.07, 6.45) is 4.07. The first-order valence-electron chi connectivity index (χ1n) is 8.91. The zero-order valence-corrected chi connectivity index (χ0v) is 15.9. The topological polar surface area (TPSA) is 66.5 Å². The molecule has 0 radical (unpaired) electrons. The summed E-state index contributed by atoms with van der Waals surface area (Å²) in [6.45, 7) is 6.18. The van der Waals surface area contributed by atoms with Gasteiger partial charge in [-0.15, -0.1) is 0 Å². The van der Waals surface area contributed by atoms with Gasteiger partial charge in [0.15, 0.2) is 0 Å². The Balaban J connectivity index is 2.28. The summed E-state index contributed by atoms with van der Waals surface area (Å²) in [5, 5.41) is 2.87. The molecular formula is C18H27FN2O3S. The SMILES string of the molecule is CCN(CC)S(=O)(=O)c1ccc(F)c(C(=O)NC2CCCCC2C)c1. The minimum Gasteiger partial charge on any atom is -0.349 e. The van der Waals surface area contributed by atoms with Crippen LogP contribution in [0.4, 0.5) is 4.39 Å². The highest BCUT2D eigenvalue weighted by molar-refractivity contribution is 7.89. The van der Waals surface area contributed by atoms with Crippen LogP contribution in [-0.4, -0.2) is 37.8 Å². The Bertz CT molecular complexity index is 717. The largest absolute Gasteiger partial charge is 0.349 e. The average Bonchev–Trinajstić information content (AvgIpc) is 2.58. The lowest BCUT2D eigenvalue weighted by molar-refractivity contribution is 0.0906. The Kier molecular flexibility index (Phi) is 6.57.